The van der Waals surface area contributed by atoms with Gasteiger partial charge in [0.2, 0.25) is 0 Å². The lowest BCUT2D eigenvalue weighted by Gasteiger charge is -2.32. The molecule has 0 saturated carbocycles. The Morgan fingerprint density at radius 3 is 2.62 bits per heavy atom. The van der Waals surface area contributed by atoms with Crippen LogP contribution in [0.4, 0.5) is 15.8 Å². The van der Waals surface area contributed by atoms with Crippen LogP contribution in [-0.4, -0.2) is 26.8 Å². The molecule has 0 spiro atoms. The highest BCUT2D eigenvalue weighted by Crippen LogP contribution is 2.41. The summed E-state index contributed by atoms with van der Waals surface area (Å²) in [6.45, 7) is 4.94. The Labute approximate surface area is 172 Å². The number of hydrogen-bond acceptors (Lipinski definition) is 7. The average Bonchev–Trinajstić information content (AvgIpc) is 2.62. The Morgan fingerprint density at radius 1 is 1.28 bits per heavy atom. The van der Waals surface area contributed by atoms with Gasteiger partial charge in [-0.15, -0.1) is 0 Å². The largest absolute Gasteiger partial charge is 0.397 e. The normalized spacial score (nSPS) is 19.3. The number of rotatable bonds is 4. The zero-order valence-electron chi connectivity index (χ0n) is 16.2. The van der Waals surface area contributed by atoms with Gasteiger partial charge in [0.1, 0.15) is 17.1 Å². The van der Waals surface area contributed by atoms with Crippen molar-refractivity contribution in [2.24, 2.45) is 10.7 Å². The lowest BCUT2D eigenvalue weighted by Crippen LogP contribution is -2.32. The van der Waals surface area contributed by atoms with Crippen LogP contribution in [0.15, 0.2) is 52.5 Å². The lowest BCUT2D eigenvalue weighted by atomic mass is 9.89. The SMILES string of the molecule is CC(C)(O)C1=C[C@@](C)(c2cc(NC(=O)c3ccc(N)cn3)ccc2F)N=C(N)S1. The molecule has 2 heterocycles. The van der Waals surface area contributed by atoms with E-state index in [-0.39, 0.29) is 16.4 Å². The number of benzene rings is 1. The van der Waals surface area contributed by atoms with E-state index in [9.17, 15) is 14.3 Å². The summed E-state index contributed by atoms with van der Waals surface area (Å²) in [4.78, 5) is 21.3. The van der Waals surface area contributed by atoms with E-state index in [0.29, 0.717) is 16.3 Å². The Kier molecular flexibility index (Phi) is 5.38. The highest BCUT2D eigenvalue weighted by atomic mass is 32.2. The Morgan fingerprint density at radius 2 is 2.00 bits per heavy atom. The van der Waals surface area contributed by atoms with Crippen molar-refractivity contribution in [2.45, 2.75) is 31.9 Å². The second-order valence-corrected chi connectivity index (χ2v) is 8.45. The van der Waals surface area contributed by atoms with Crippen molar-refractivity contribution in [1.82, 2.24) is 4.98 Å². The summed E-state index contributed by atoms with van der Waals surface area (Å²) in [5, 5.41) is 13.3. The summed E-state index contributed by atoms with van der Waals surface area (Å²) in [5.74, 6) is -0.964. The molecule has 1 aromatic heterocycles. The molecule has 9 heteroatoms. The molecule has 29 heavy (non-hydrogen) atoms. The number of thioether (sulfide) groups is 1. The molecule has 0 unspecified atom stereocenters. The van der Waals surface area contributed by atoms with E-state index in [4.69, 9.17) is 11.5 Å². The molecule has 7 nitrogen and oxygen atoms in total. The molecule has 3 rings (SSSR count). The van der Waals surface area contributed by atoms with Gasteiger partial charge in [-0.05, 0) is 57.2 Å². The lowest BCUT2D eigenvalue weighted by molar-refractivity contribution is 0.102. The van der Waals surface area contributed by atoms with Crippen LogP contribution in [0.5, 0.6) is 0 Å². The van der Waals surface area contributed by atoms with Crippen LogP contribution in [0, 0.1) is 5.82 Å². The quantitative estimate of drug-likeness (QED) is 0.608. The molecule has 0 bridgehead atoms. The number of anilines is 2. The molecule has 0 aliphatic carbocycles. The van der Waals surface area contributed by atoms with Crippen molar-refractivity contribution in [3.8, 4) is 0 Å². The van der Waals surface area contributed by atoms with Crippen LogP contribution < -0.4 is 16.8 Å². The number of halogens is 1. The van der Waals surface area contributed by atoms with Gasteiger partial charge in [0, 0.05) is 16.2 Å². The van der Waals surface area contributed by atoms with Gasteiger partial charge in [0.25, 0.3) is 5.91 Å². The third kappa shape index (κ3) is 4.57. The zero-order valence-corrected chi connectivity index (χ0v) is 17.0. The molecule has 1 aromatic carbocycles. The molecule has 0 radical (unpaired) electrons. The molecule has 1 aliphatic heterocycles. The Balaban J connectivity index is 1.96. The Bertz CT molecular complexity index is 1010. The fourth-order valence-corrected chi connectivity index (χ4v) is 3.85. The van der Waals surface area contributed by atoms with Crippen molar-refractivity contribution in [3.63, 3.8) is 0 Å². The number of amides is 1. The highest BCUT2D eigenvalue weighted by Gasteiger charge is 2.35. The monoisotopic (exact) mass is 415 g/mol. The van der Waals surface area contributed by atoms with E-state index < -0.39 is 22.9 Å². The van der Waals surface area contributed by atoms with Gasteiger partial charge in [-0.2, -0.15) is 0 Å². The number of aromatic nitrogens is 1. The summed E-state index contributed by atoms with van der Waals surface area (Å²) in [7, 11) is 0. The predicted molar refractivity (Wildman–Crippen MR) is 114 cm³/mol. The van der Waals surface area contributed by atoms with E-state index in [0.717, 1.165) is 11.8 Å². The van der Waals surface area contributed by atoms with E-state index in [2.05, 4.69) is 15.3 Å². The minimum absolute atomic E-state index is 0.178. The van der Waals surface area contributed by atoms with Crippen molar-refractivity contribution in [3.05, 3.63) is 64.6 Å². The fraction of sp³-hybridized carbons (Fsp3) is 0.250. The minimum Gasteiger partial charge on any atom is -0.397 e. The van der Waals surface area contributed by atoms with Crippen LogP contribution in [0.3, 0.4) is 0 Å². The van der Waals surface area contributed by atoms with Crippen molar-refractivity contribution >= 4 is 34.2 Å². The summed E-state index contributed by atoms with van der Waals surface area (Å²) in [6, 6.07) is 7.26. The van der Waals surface area contributed by atoms with E-state index in [1.165, 1.54) is 30.5 Å². The maximum Gasteiger partial charge on any atom is 0.274 e. The van der Waals surface area contributed by atoms with Crippen molar-refractivity contribution in [2.75, 3.05) is 11.1 Å². The first-order chi connectivity index (χ1) is 13.5. The average molecular weight is 415 g/mol. The van der Waals surface area contributed by atoms with Crippen LogP contribution >= 0.6 is 11.8 Å². The number of nitrogens with one attached hydrogen (secondary N) is 1. The number of hydrogen-bond donors (Lipinski definition) is 4. The zero-order chi connectivity index (χ0) is 21.4. The van der Waals surface area contributed by atoms with Gasteiger partial charge in [-0.3, -0.25) is 4.79 Å². The van der Waals surface area contributed by atoms with Gasteiger partial charge in [0.05, 0.1) is 17.5 Å². The number of nitrogens with zero attached hydrogens (tertiary/aromatic N) is 2. The number of nitrogens with two attached hydrogens (primary N) is 2. The summed E-state index contributed by atoms with van der Waals surface area (Å²) in [6.07, 6.45) is 3.06. The van der Waals surface area contributed by atoms with E-state index in [1.807, 2.05) is 0 Å². The first kappa shape index (κ1) is 20.8. The summed E-state index contributed by atoms with van der Waals surface area (Å²) < 4.78 is 14.7. The number of carbonyl (C=O) groups excluding carboxylic acids is 1. The second kappa shape index (κ2) is 7.49. The number of nitrogen functional groups attached to an aromatic ring is 1. The topological polar surface area (TPSA) is 127 Å². The van der Waals surface area contributed by atoms with Gasteiger partial charge < -0.3 is 21.9 Å². The maximum atomic E-state index is 14.7. The van der Waals surface area contributed by atoms with Crippen LogP contribution in [0.25, 0.3) is 0 Å². The standard InChI is InChI=1S/C20H22FN5O2S/c1-19(2,28)16-9-20(3,26-18(23)29-16)13-8-12(5-6-14(13)21)25-17(27)15-7-4-11(22)10-24-15/h4-10,28H,22H2,1-3H3,(H2,23,26)(H,25,27)/t20-/m0/s1. The number of carbonyl (C=O) groups is 1. The number of aliphatic imine (C=N–C) groups is 1. The molecule has 1 amide bonds. The molecular formula is C20H22FN5O2S. The van der Waals surface area contributed by atoms with Crippen LogP contribution in [0.2, 0.25) is 0 Å². The molecule has 152 valence electrons. The Hall–Kier alpha value is -2.91. The first-order valence-electron chi connectivity index (χ1n) is 8.80. The molecular weight excluding hydrogens is 393 g/mol. The maximum absolute atomic E-state index is 14.7. The third-order valence-corrected chi connectivity index (χ3v) is 5.50. The smallest absolute Gasteiger partial charge is 0.274 e. The molecule has 0 fully saturated rings. The number of aliphatic hydroxyl groups is 1. The van der Waals surface area contributed by atoms with Crippen molar-refractivity contribution < 1.29 is 14.3 Å². The van der Waals surface area contributed by atoms with E-state index >= 15 is 0 Å². The van der Waals surface area contributed by atoms with Gasteiger partial charge in [-0.25, -0.2) is 14.4 Å². The number of pyridine rings is 1. The minimum atomic E-state index is -1.16. The predicted octanol–water partition coefficient (Wildman–Crippen LogP) is 2.99. The third-order valence-electron chi connectivity index (χ3n) is 4.36. The number of amidine groups is 1. The van der Waals surface area contributed by atoms with Gasteiger partial charge in [-0.1, -0.05) is 11.8 Å². The molecule has 2 aromatic rings. The van der Waals surface area contributed by atoms with Crippen LogP contribution in [-0.2, 0) is 5.54 Å². The molecule has 0 saturated heterocycles. The first-order valence-corrected chi connectivity index (χ1v) is 9.61. The van der Waals surface area contributed by atoms with Crippen LogP contribution in [0.1, 0.15) is 36.8 Å². The summed E-state index contributed by atoms with van der Waals surface area (Å²) in [5.41, 5.74) is 10.4. The molecule has 1 atom stereocenters. The second-order valence-electron chi connectivity index (χ2n) is 7.39. The molecule has 1 aliphatic rings. The van der Waals surface area contributed by atoms with Gasteiger partial charge >= 0.3 is 0 Å². The molecule has 6 N–H and O–H groups in total. The van der Waals surface area contributed by atoms with Gasteiger partial charge in [0.15, 0.2) is 5.17 Å². The highest BCUT2D eigenvalue weighted by molar-refractivity contribution is 8.17. The fourth-order valence-electron chi connectivity index (χ4n) is 2.85. The van der Waals surface area contributed by atoms with Crippen molar-refractivity contribution in [1.29, 1.82) is 0 Å². The summed E-state index contributed by atoms with van der Waals surface area (Å²) >= 11 is 1.14. The van der Waals surface area contributed by atoms with E-state index in [1.54, 1.807) is 32.9 Å².